The maximum absolute atomic E-state index is 11.0. The number of benzene rings is 2. The SMILES string of the molecule is O[C@H]1[C@H](NCc2ccc3c(c2)OCO3)[C@@H]2CO[C@H](O2)[C@H]1Sc1ccccc1. The number of aliphatic hydroxyl groups is 1. The Labute approximate surface area is 161 Å². The minimum absolute atomic E-state index is 0.147. The molecule has 3 aliphatic rings. The molecule has 142 valence electrons. The van der Waals surface area contributed by atoms with Gasteiger partial charge in [0.25, 0.3) is 0 Å². The van der Waals surface area contributed by atoms with E-state index in [-0.39, 0.29) is 30.5 Å². The summed E-state index contributed by atoms with van der Waals surface area (Å²) in [5, 5.41) is 14.3. The van der Waals surface area contributed by atoms with Crippen LogP contribution in [0.15, 0.2) is 53.4 Å². The molecule has 3 aliphatic heterocycles. The van der Waals surface area contributed by atoms with Crippen molar-refractivity contribution in [3.63, 3.8) is 0 Å². The van der Waals surface area contributed by atoms with E-state index in [0.717, 1.165) is 22.0 Å². The van der Waals surface area contributed by atoms with Crippen molar-refractivity contribution in [1.29, 1.82) is 0 Å². The van der Waals surface area contributed by atoms with Crippen LogP contribution in [0.1, 0.15) is 5.56 Å². The van der Waals surface area contributed by atoms with Crippen LogP contribution in [0.3, 0.4) is 0 Å². The molecule has 0 amide bonds. The lowest BCUT2D eigenvalue weighted by Gasteiger charge is -2.38. The number of thioether (sulfide) groups is 1. The molecule has 7 heteroatoms. The lowest BCUT2D eigenvalue weighted by atomic mass is 9.99. The number of hydrogen-bond donors (Lipinski definition) is 2. The highest BCUT2D eigenvalue weighted by atomic mass is 32.2. The second-order valence-electron chi connectivity index (χ2n) is 6.86. The average Bonchev–Trinajstić information content (AvgIpc) is 3.34. The Morgan fingerprint density at radius 1 is 1.07 bits per heavy atom. The third-order valence-electron chi connectivity index (χ3n) is 5.10. The van der Waals surface area contributed by atoms with Crippen molar-refractivity contribution < 1.29 is 24.1 Å². The maximum Gasteiger partial charge on any atom is 0.231 e. The van der Waals surface area contributed by atoms with E-state index in [0.29, 0.717) is 13.2 Å². The number of rotatable bonds is 5. The van der Waals surface area contributed by atoms with Gasteiger partial charge in [-0.25, -0.2) is 0 Å². The second-order valence-corrected chi connectivity index (χ2v) is 8.11. The maximum atomic E-state index is 11.0. The van der Waals surface area contributed by atoms with Crippen molar-refractivity contribution in [3.05, 3.63) is 54.1 Å². The van der Waals surface area contributed by atoms with Crippen LogP contribution in [0.25, 0.3) is 0 Å². The summed E-state index contributed by atoms with van der Waals surface area (Å²) in [5.74, 6) is 1.53. The molecule has 27 heavy (non-hydrogen) atoms. The van der Waals surface area contributed by atoms with E-state index < -0.39 is 6.10 Å². The van der Waals surface area contributed by atoms with Crippen molar-refractivity contribution in [2.45, 2.75) is 41.2 Å². The van der Waals surface area contributed by atoms with Crippen molar-refractivity contribution in [2.24, 2.45) is 0 Å². The summed E-state index contributed by atoms with van der Waals surface area (Å²) in [6.07, 6.45) is -1.10. The Kier molecular flexibility index (Phi) is 4.71. The summed E-state index contributed by atoms with van der Waals surface area (Å²) in [6.45, 7) is 1.36. The standard InChI is InChI=1S/C20H21NO5S/c22-18-17(21-9-12-6-7-14-15(8-12)25-11-24-14)16-10-23-20(26-16)19(18)27-13-4-2-1-3-5-13/h1-8,16-22H,9-11H2/t16-,17+,18-,19-,20+/m0/s1. The number of hydrogen-bond acceptors (Lipinski definition) is 7. The van der Waals surface area contributed by atoms with Gasteiger partial charge in [0.2, 0.25) is 6.79 Å². The van der Waals surface area contributed by atoms with Crippen molar-refractivity contribution in [1.82, 2.24) is 5.32 Å². The van der Waals surface area contributed by atoms with Crippen LogP contribution in [-0.2, 0) is 16.0 Å². The van der Waals surface area contributed by atoms with Crippen molar-refractivity contribution >= 4 is 11.8 Å². The highest BCUT2D eigenvalue weighted by molar-refractivity contribution is 8.00. The van der Waals surface area contributed by atoms with E-state index in [9.17, 15) is 5.11 Å². The Morgan fingerprint density at radius 2 is 1.93 bits per heavy atom. The summed E-state index contributed by atoms with van der Waals surface area (Å²) in [6, 6.07) is 15.7. The van der Waals surface area contributed by atoms with Gasteiger partial charge >= 0.3 is 0 Å². The number of nitrogens with one attached hydrogen (secondary N) is 1. The van der Waals surface area contributed by atoms with E-state index in [1.165, 1.54) is 0 Å². The molecule has 0 aromatic heterocycles. The van der Waals surface area contributed by atoms with Gasteiger partial charge in [-0.2, -0.15) is 0 Å². The largest absolute Gasteiger partial charge is 0.454 e. The summed E-state index contributed by atoms with van der Waals surface area (Å²) < 4.78 is 22.6. The minimum Gasteiger partial charge on any atom is -0.454 e. The normalized spacial score (nSPS) is 31.2. The van der Waals surface area contributed by atoms with Crippen LogP contribution in [0.5, 0.6) is 11.5 Å². The van der Waals surface area contributed by atoms with Crippen molar-refractivity contribution in [2.75, 3.05) is 13.4 Å². The summed E-state index contributed by atoms with van der Waals surface area (Å²) >= 11 is 1.60. The number of ether oxygens (including phenoxy) is 4. The van der Waals surface area contributed by atoms with Crippen LogP contribution < -0.4 is 14.8 Å². The van der Waals surface area contributed by atoms with E-state index in [1.807, 2.05) is 48.5 Å². The van der Waals surface area contributed by atoms with Crippen molar-refractivity contribution in [3.8, 4) is 11.5 Å². The molecule has 0 aliphatic carbocycles. The first kappa shape index (κ1) is 17.3. The number of aliphatic hydroxyl groups excluding tert-OH is 1. The highest BCUT2D eigenvalue weighted by Crippen LogP contribution is 2.39. The zero-order valence-electron chi connectivity index (χ0n) is 14.6. The molecule has 0 spiro atoms. The minimum atomic E-state index is -0.574. The fourth-order valence-corrected chi connectivity index (χ4v) is 4.90. The molecular weight excluding hydrogens is 366 g/mol. The first-order valence-electron chi connectivity index (χ1n) is 9.07. The summed E-state index contributed by atoms with van der Waals surface area (Å²) in [5.41, 5.74) is 1.07. The van der Waals surface area contributed by atoms with Crippen LogP contribution >= 0.6 is 11.8 Å². The third kappa shape index (κ3) is 3.41. The van der Waals surface area contributed by atoms with Crippen LogP contribution in [0.4, 0.5) is 0 Å². The predicted octanol–water partition coefficient (Wildman–Crippen LogP) is 2.15. The highest BCUT2D eigenvalue weighted by Gasteiger charge is 2.50. The molecule has 0 saturated carbocycles. The first-order chi connectivity index (χ1) is 13.3. The number of fused-ring (bicyclic) bond motifs is 3. The zero-order valence-corrected chi connectivity index (χ0v) is 15.4. The molecule has 5 rings (SSSR count). The lowest BCUT2D eigenvalue weighted by Crippen LogP contribution is -2.58. The molecule has 2 saturated heterocycles. The molecule has 2 aromatic rings. The van der Waals surface area contributed by atoms with Gasteiger partial charge in [-0.05, 0) is 29.8 Å². The fourth-order valence-electron chi connectivity index (χ4n) is 3.71. The quantitative estimate of drug-likeness (QED) is 0.815. The molecule has 5 atom stereocenters. The van der Waals surface area contributed by atoms with E-state index >= 15 is 0 Å². The van der Waals surface area contributed by atoms with Gasteiger partial charge in [0.05, 0.1) is 24.0 Å². The van der Waals surface area contributed by atoms with E-state index in [4.69, 9.17) is 18.9 Å². The van der Waals surface area contributed by atoms with Gasteiger partial charge in [-0.1, -0.05) is 24.3 Å². The molecule has 2 bridgehead atoms. The van der Waals surface area contributed by atoms with Gasteiger partial charge in [-0.3, -0.25) is 0 Å². The second kappa shape index (κ2) is 7.33. The topological polar surface area (TPSA) is 69.2 Å². The molecule has 2 aromatic carbocycles. The summed E-state index contributed by atoms with van der Waals surface area (Å²) in [4.78, 5) is 1.09. The van der Waals surface area contributed by atoms with Crippen LogP contribution in [0.2, 0.25) is 0 Å². The molecular formula is C20H21NO5S. The molecule has 0 unspecified atom stereocenters. The molecule has 2 N–H and O–H groups in total. The molecule has 2 fully saturated rings. The summed E-state index contributed by atoms with van der Waals surface area (Å²) in [7, 11) is 0. The van der Waals surface area contributed by atoms with Gasteiger partial charge < -0.3 is 29.4 Å². The monoisotopic (exact) mass is 387 g/mol. The average molecular weight is 387 g/mol. The third-order valence-corrected chi connectivity index (χ3v) is 6.42. The Balaban J connectivity index is 1.28. The van der Waals surface area contributed by atoms with E-state index in [2.05, 4.69) is 5.32 Å². The predicted molar refractivity (Wildman–Crippen MR) is 99.9 cm³/mol. The molecule has 0 radical (unpaired) electrons. The smallest absolute Gasteiger partial charge is 0.231 e. The van der Waals surface area contributed by atoms with Gasteiger partial charge in [-0.15, -0.1) is 11.8 Å². The Hall–Kier alpha value is -1.77. The van der Waals surface area contributed by atoms with E-state index in [1.54, 1.807) is 11.8 Å². The van der Waals surface area contributed by atoms with Crippen LogP contribution in [-0.4, -0.2) is 48.3 Å². The van der Waals surface area contributed by atoms with Gasteiger partial charge in [0.1, 0.15) is 6.10 Å². The van der Waals surface area contributed by atoms with Gasteiger partial charge in [0.15, 0.2) is 17.8 Å². The van der Waals surface area contributed by atoms with Gasteiger partial charge in [0, 0.05) is 11.4 Å². The zero-order chi connectivity index (χ0) is 18.2. The molecule has 6 nitrogen and oxygen atoms in total. The van der Waals surface area contributed by atoms with Crippen LogP contribution in [0, 0.1) is 0 Å². The Morgan fingerprint density at radius 3 is 2.81 bits per heavy atom. The first-order valence-corrected chi connectivity index (χ1v) is 9.95. The molecule has 3 heterocycles. The fraction of sp³-hybridized carbons (Fsp3) is 0.400. The Bertz CT molecular complexity index is 804. The lowest BCUT2D eigenvalue weighted by molar-refractivity contribution is -0.123.